The van der Waals surface area contributed by atoms with E-state index in [1.54, 1.807) is 6.07 Å². The molecular weight excluding hydrogens is 465 g/mol. The summed E-state index contributed by atoms with van der Waals surface area (Å²) in [7, 11) is -1.82. The average Bonchev–Trinajstić information content (AvgIpc) is 3.14. The summed E-state index contributed by atoms with van der Waals surface area (Å²) in [6.45, 7) is -0.378. The molecule has 3 aromatic rings. The van der Waals surface area contributed by atoms with Gasteiger partial charge in [0, 0.05) is 17.7 Å². The van der Waals surface area contributed by atoms with Crippen LogP contribution in [0.1, 0.15) is 5.56 Å². The van der Waals surface area contributed by atoms with Crippen LogP contribution in [0.15, 0.2) is 41.4 Å². The van der Waals surface area contributed by atoms with Crippen LogP contribution in [0.2, 0.25) is 5.02 Å². The Bertz CT molecular complexity index is 1190. The highest BCUT2D eigenvalue weighted by atomic mass is 35.5. The molecule has 0 saturated carbocycles. The summed E-state index contributed by atoms with van der Waals surface area (Å²) in [4.78, 5) is 2.88. The monoisotopic (exact) mass is 478 g/mol. The summed E-state index contributed by atoms with van der Waals surface area (Å²) in [6.07, 6.45) is 0.835. The van der Waals surface area contributed by atoms with Gasteiger partial charge in [-0.05, 0) is 18.2 Å². The Hall–Kier alpha value is -2.50. The number of anilines is 1. The van der Waals surface area contributed by atoms with E-state index in [1.807, 2.05) is 0 Å². The standard InChI is InChI=1S/C18H14ClF3N2O4S2/c1-27-11-4-3-10(15(5-11)28-2)9-24(18-23-8-17(22)29-18)30(25,26)16-6-12(19)13(20)7-14(16)21/h3-8H,9H2,1-2H3. The van der Waals surface area contributed by atoms with E-state index in [-0.39, 0.29) is 17.4 Å². The molecule has 1 heterocycles. The average molecular weight is 479 g/mol. The van der Waals surface area contributed by atoms with Gasteiger partial charge < -0.3 is 9.47 Å². The summed E-state index contributed by atoms with van der Waals surface area (Å²) >= 11 is 6.10. The third-order valence-corrected chi connectivity index (χ3v) is 6.99. The number of methoxy groups -OCH3 is 2. The van der Waals surface area contributed by atoms with Crippen molar-refractivity contribution in [1.29, 1.82) is 0 Å². The first-order chi connectivity index (χ1) is 14.2. The summed E-state index contributed by atoms with van der Waals surface area (Å²) in [6, 6.07) is 5.66. The molecule has 12 heteroatoms. The van der Waals surface area contributed by atoms with Gasteiger partial charge in [-0.25, -0.2) is 26.5 Å². The van der Waals surface area contributed by atoms with Crippen molar-refractivity contribution in [3.63, 3.8) is 0 Å². The zero-order valence-electron chi connectivity index (χ0n) is 15.5. The van der Waals surface area contributed by atoms with Crippen molar-refractivity contribution < 1.29 is 31.1 Å². The lowest BCUT2D eigenvalue weighted by atomic mass is 10.2. The Kier molecular flexibility index (Phi) is 6.44. The van der Waals surface area contributed by atoms with Gasteiger partial charge in [-0.2, -0.15) is 4.39 Å². The van der Waals surface area contributed by atoms with Gasteiger partial charge in [-0.15, -0.1) is 0 Å². The van der Waals surface area contributed by atoms with Gasteiger partial charge in [0.1, 0.15) is 28.0 Å². The Balaban J connectivity index is 2.14. The number of ether oxygens (including phenoxy) is 2. The topological polar surface area (TPSA) is 68.7 Å². The number of benzene rings is 2. The molecule has 0 radical (unpaired) electrons. The first-order valence-electron chi connectivity index (χ1n) is 8.17. The summed E-state index contributed by atoms with van der Waals surface area (Å²) in [5, 5.41) is -1.59. The number of thiazole rings is 1. The van der Waals surface area contributed by atoms with E-state index < -0.39 is 36.7 Å². The molecule has 0 unspecified atom stereocenters. The maximum absolute atomic E-state index is 14.4. The van der Waals surface area contributed by atoms with Crippen LogP contribution in [-0.4, -0.2) is 27.6 Å². The molecule has 3 rings (SSSR count). The van der Waals surface area contributed by atoms with E-state index in [1.165, 1.54) is 26.4 Å². The van der Waals surface area contributed by atoms with E-state index in [0.717, 1.165) is 6.20 Å². The van der Waals surface area contributed by atoms with E-state index >= 15 is 0 Å². The molecule has 0 aliphatic heterocycles. The number of hydrogen-bond donors (Lipinski definition) is 0. The van der Waals surface area contributed by atoms with Crippen LogP contribution in [0.4, 0.5) is 18.3 Å². The van der Waals surface area contributed by atoms with Crippen molar-refractivity contribution in [2.45, 2.75) is 11.4 Å². The summed E-state index contributed by atoms with van der Waals surface area (Å²) in [5.41, 5.74) is 0.367. The Morgan fingerprint density at radius 2 is 1.83 bits per heavy atom. The number of aromatic nitrogens is 1. The van der Waals surface area contributed by atoms with Crippen molar-refractivity contribution >= 4 is 38.1 Å². The molecule has 1 aromatic heterocycles. The van der Waals surface area contributed by atoms with E-state index in [2.05, 4.69) is 4.98 Å². The van der Waals surface area contributed by atoms with Crippen molar-refractivity contribution in [3.8, 4) is 11.5 Å². The molecule has 160 valence electrons. The van der Waals surface area contributed by atoms with Crippen LogP contribution in [-0.2, 0) is 16.6 Å². The highest BCUT2D eigenvalue weighted by Gasteiger charge is 2.32. The molecule has 30 heavy (non-hydrogen) atoms. The quantitative estimate of drug-likeness (QED) is 0.463. The van der Waals surface area contributed by atoms with Crippen LogP contribution < -0.4 is 13.8 Å². The third-order valence-electron chi connectivity index (χ3n) is 4.03. The fourth-order valence-corrected chi connectivity index (χ4v) is 5.13. The molecule has 6 nitrogen and oxygen atoms in total. The van der Waals surface area contributed by atoms with Crippen molar-refractivity contribution in [1.82, 2.24) is 4.98 Å². The van der Waals surface area contributed by atoms with Gasteiger partial charge in [-0.1, -0.05) is 22.9 Å². The minimum Gasteiger partial charge on any atom is -0.497 e. The van der Waals surface area contributed by atoms with Crippen molar-refractivity contribution in [2.75, 3.05) is 18.5 Å². The van der Waals surface area contributed by atoms with E-state index in [0.29, 0.717) is 39.1 Å². The molecular formula is C18H14ClF3N2O4S2. The fraction of sp³-hybridized carbons (Fsp3) is 0.167. The second-order valence-electron chi connectivity index (χ2n) is 5.83. The lowest BCUT2D eigenvalue weighted by molar-refractivity contribution is 0.391. The third kappa shape index (κ3) is 4.32. The molecule has 0 aliphatic carbocycles. The second-order valence-corrected chi connectivity index (χ2v) is 9.03. The Morgan fingerprint density at radius 3 is 2.43 bits per heavy atom. The lowest BCUT2D eigenvalue weighted by Crippen LogP contribution is -2.31. The minimum atomic E-state index is -4.65. The number of nitrogens with zero attached hydrogens (tertiary/aromatic N) is 2. The zero-order valence-corrected chi connectivity index (χ0v) is 17.9. The van der Waals surface area contributed by atoms with Crippen molar-refractivity contribution in [3.05, 3.63) is 63.9 Å². The molecule has 0 bridgehead atoms. The maximum Gasteiger partial charge on any atom is 0.269 e. The van der Waals surface area contributed by atoms with E-state index in [9.17, 15) is 21.6 Å². The van der Waals surface area contributed by atoms with Gasteiger partial charge in [-0.3, -0.25) is 0 Å². The summed E-state index contributed by atoms with van der Waals surface area (Å²) in [5.74, 6) is -1.72. The van der Waals surface area contributed by atoms with Gasteiger partial charge in [0.15, 0.2) is 5.13 Å². The first-order valence-corrected chi connectivity index (χ1v) is 10.8. The Morgan fingerprint density at radius 1 is 1.10 bits per heavy atom. The van der Waals surface area contributed by atoms with Gasteiger partial charge >= 0.3 is 0 Å². The molecule has 0 atom stereocenters. The molecule has 0 saturated heterocycles. The van der Waals surface area contributed by atoms with Gasteiger partial charge in [0.25, 0.3) is 10.0 Å². The predicted molar refractivity (Wildman–Crippen MR) is 106 cm³/mol. The molecule has 0 aliphatic rings. The van der Waals surface area contributed by atoms with Crippen LogP contribution in [0.5, 0.6) is 11.5 Å². The van der Waals surface area contributed by atoms with Crippen LogP contribution >= 0.6 is 22.9 Å². The van der Waals surface area contributed by atoms with Crippen LogP contribution in [0.25, 0.3) is 0 Å². The van der Waals surface area contributed by atoms with Gasteiger partial charge in [0.05, 0.1) is 32.0 Å². The second kappa shape index (κ2) is 8.70. The Labute approximate surface area is 179 Å². The lowest BCUT2D eigenvalue weighted by Gasteiger charge is -2.23. The molecule has 2 aromatic carbocycles. The zero-order chi connectivity index (χ0) is 22.1. The normalized spacial score (nSPS) is 11.4. The van der Waals surface area contributed by atoms with Crippen LogP contribution in [0.3, 0.4) is 0 Å². The molecule has 0 spiro atoms. The number of rotatable bonds is 7. The first kappa shape index (κ1) is 22.2. The minimum absolute atomic E-state index is 0.259. The van der Waals surface area contributed by atoms with Gasteiger partial charge in [0.2, 0.25) is 5.13 Å². The van der Waals surface area contributed by atoms with E-state index in [4.69, 9.17) is 21.1 Å². The van der Waals surface area contributed by atoms with Crippen molar-refractivity contribution in [2.24, 2.45) is 0 Å². The largest absolute Gasteiger partial charge is 0.497 e. The predicted octanol–water partition coefficient (Wildman–Crippen LogP) is 4.63. The number of halogens is 4. The fourth-order valence-electron chi connectivity index (χ4n) is 2.57. The van der Waals surface area contributed by atoms with Crippen LogP contribution in [0, 0.1) is 16.8 Å². The highest BCUT2D eigenvalue weighted by Crippen LogP contribution is 2.34. The molecule has 0 fully saturated rings. The SMILES string of the molecule is COc1ccc(CN(c2ncc(F)s2)S(=O)(=O)c2cc(Cl)c(F)cc2F)c(OC)c1. The summed E-state index contributed by atoms with van der Waals surface area (Å²) < 4.78 is 79.0. The maximum atomic E-state index is 14.4. The molecule has 0 amide bonds. The number of hydrogen-bond acceptors (Lipinski definition) is 6. The smallest absolute Gasteiger partial charge is 0.269 e. The molecule has 0 N–H and O–H groups in total. The number of sulfonamides is 1. The highest BCUT2D eigenvalue weighted by molar-refractivity contribution is 7.93.